The second-order valence-electron chi connectivity index (χ2n) is 4.26. The molecule has 0 fully saturated rings. The lowest BCUT2D eigenvalue weighted by atomic mass is 10.0. The molecule has 0 saturated heterocycles. The highest BCUT2D eigenvalue weighted by Crippen LogP contribution is 2.32. The first-order chi connectivity index (χ1) is 8.13. The van der Waals surface area contributed by atoms with Crippen molar-refractivity contribution in [1.82, 2.24) is 4.98 Å². The number of fused-ring (bicyclic) bond motifs is 1. The van der Waals surface area contributed by atoms with E-state index in [2.05, 4.69) is 11.9 Å². The fraction of sp³-hybridized carbons (Fsp3) is 0.308. The first-order valence-corrected chi connectivity index (χ1v) is 6.30. The molecule has 90 valence electrons. The molecule has 1 heterocycles. The van der Waals surface area contributed by atoms with Gasteiger partial charge in [0.2, 0.25) is 0 Å². The number of benzene rings is 1. The Hall–Kier alpha value is -0.830. The zero-order valence-electron chi connectivity index (χ0n) is 9.58. The van der Waals surface area contributed by atoms with Crippen LogP contribution in [0, 0.1) is 5.92 Å². The van der Waals surface area contributed by atoms with Crippen LogP contribution in [0.2, 0.25) is 10.0 Å². The molecule has 2 N–H and O–H groups in total. The predicted molar refractivity (Wildman–Crippen MR) is 73.7 cm³/mol. The third-order valence-electron chi connectivity index (χ3n) is 2.86. The van der Waals surface area contributed by atoms with Crippen molar-refractivity contribution >= 4 is 34.0 Å². The van der Waals surface area contributed by atoms with Crippen molar-refractivity contribution in [2.24, 2.45) is 11.7 Å². The molecular formula is C13H14Cl2N2. The van der Waals surface area contributed by atoms with Crippen LogP contribution < -0.4 is 5.73 Å². The Labute approximate surface area is 111 Å². The van der Waals surface area contributed by atoms with E-state index in [1.807, 2.05) is 18.2 Å². The lowest BCUT2D eigenvalue weighted by molar-refractivity contribution is 0.587. The van der Waals surface area contributed by atoms with E-state index in [0.717, 1.165) is 22.9 Å². The zero-order chi connectivity index (χ0) is 12.4. The molecule has 2 aromatic rings. The molecule has 0 saturated carbocycles. The van der Waals surface area contributed by atoms with Gasteiger partial charge in [-0.1, -0.05) is 36.2 Å². The van der Waals surface area contributed by atoms with Gasteiger partial charge in [-0.3, -0.25) is 4.98 Å². The number of halogens is 2. The Balaban J connectivity index is 2.54. The minimum Gasteiger partial charge on any atom is -0.330 e. The first-order valence-electron chi connectivity index (χ1n) is 5.55. The fourth-order valence-electron chi connectivity index (χ4n) is 1.83. The van der Waals surface area contributed by atoms with Gasteiger partial charge in [0.25, 0.3) is 0 Å². The van der Waals surface area contributed by atoms with Crippen molar-refractivity contribution in [2.75, 3.05) is 6.54 Å². The molecule has 1 unspecified atom stereocenters. The number of rotatable bonds is 3. The highest BCUT2D eigenvalue weighted by molar-refractivity contribution is 6.45. The molecule has 0 aliphatic rings. The largest absolute Gasteiger partial charge is 0.330 e. The summed E-state index contributed by atoms with van der Waals surface area (Å²) < 4.78 is 0. The molecule has 1 atom stereocenters. The van der Waals surface area contributed by atoms with Gasteiger partial charge < -0.3 is 5.73 Å². The highest BCUT2D eigenvalue weighted by Gasteiger charge is 2.10. The number of nitrogens with two attached hydrogens (primary N) is 1. The van der Waals surface area contributed by atoms with Crippen molar-refractivity contribution in [2.45, 2.75) is 13.3 Å². The minimum absolute atomic E-state index is 0.405. The summed E-state index contributed by atoms with van der Waals surface area (Å²) in [5.41, 5.74) is 6.67. The summed E-state index contributed by atoms with van der Waals surface area (Å²) in [5, 5.41) is 3.17. The summed E-state index contributed by atoms with van der Waals surface area (Å²) in [5.74, 6) is 0.405. The summed E-state index contributed by atoms with van der Waals surface area (Å²) >= 11 is 12.2. The van der Waals surface area contributed by atoms with Crippen LogP contribution in [0.1, 0.15) is 12.6 Å². The van der Waals surface area contributed by atoms with Gasteiger partial charge in [0.05, 0.1) is 10.0 Å². The van der Waals surface area contributed by atoms with E-state index in [9.17, 15) is 0 Å². The van der Waals surface area contributed by atoms with Crippen LogP contribution in [-0.2, 0) is 6.42 Å². The van der Waals surface area contributed by atoms with Crippen LogP contribution >= 0.6 is 23.2 Å². The van der Waals surface area contributed by atoms with Crippen LogP contribution in [-0.4, -0.2) is 11.5 Å². The lowest BCUT2D eigenvalue weighted by Crippen LogP contribution is -2.14. The maximum absolute atomic E-state index is 6.18. The highest BCUT2D eigenvalue weighted by atomic mass is 35.5. The average molecular weight is 269 g/mol. The summed E-state index contributed by atoms with van der Waals surface area (Å²) in [6, 6.07) is 5.67. The van der Waals surface area contributed by atoms with Crippen LogP contribution in [0.4, 0.5) is 0 Å². The Morgan fingerprint density at radius 3 is 2.71 bits per heavy atom. The van der Waals surface area contributed by atoms with E-state index in [1.54, 1.807) is 6.20 Å². The number of hydrogen-bond donors (Lipinski definition) is 1. The predicted octanol–water partition coefficient (Wildman–Crippen LogP) is 3.68. The van der Waals surface area contributed by atoms with Gasteiger partial charge in [-0.2, -0.15) is 0 Å². The van der Waals surface area contributed by atoms with E-state index in [0.29, 0.717) is 22.5 Å². The van der Waals surface area contributed by atoms with Crippen molar-refractivity contribution in [3.8, 4) is 0 Å². The van der Waals surface area contributed by atoms with Crippen LogP contribution in [0.15, 0.2) is 24.4 Å². The molecule has 1 aromatic carbocycles. The molecule has 0 bridgehead atoms. The van der Waals surface area contributed by atoms with Crippen molar-refractivity contribution in [3.63, 3.8) is 0 Å². The molecule has 0 spiro atoms. The summed E-state index contributed by atoms with van der Waals surface area (Å²) in [7, 11) is 0. The van der Waals surface area contributed by atoms with E-state index < -0.39 is 0 Å². The van der Waals surface area contributed by atoms with Gasteiger partial charge in [-0.15, -0.1) is 0 Å². The molecular weight excluding hydrogens is 255 g/mol. The molecule has 0 amide bonds. The third kappa shape index (κ3) is 2.54. The number of nitrogens with zero attached hydrogens (tertiary/aromatic N) is 1. The SMILES string of the molecule is CC(CN)Cc1nccc2c(Cl)c(Cl)ccc12. The van der Waals surface area contributed by atoms with Gasteiger partial charge in [0, 0.05) is 22.7 Å². The molecule has 2 rings (SSSR count). The van der Waals surface area contributed by atoms with Crippen LogP contribution in [0.3, 0.4) is 0 Å². The Morgan fingerprint density at radius 2 is 2.00 bits per heavy atom. The second kappa shape index (κ2) is 5.21. The Morgan fingerprint density at radius 1 is 1.24 bits per heavy atom. The van der Waals surface area contributed by atoms with Crippen molar-refractivity contribution in [3.05, 3.63) is 40.1 Å². The van der Waals surface area contributed by atoms with Gasteiger partial charge in [0.15, 0.2) is 0 Å². The topological polar surface area (TPSA) is 38.9 Å². The van der Waals surface area contributed by atoms with E-state index in [-0.39, 0.29) is 0 Å². The maximum atomic E-state index is 6.18. The molecule has 0 radical (unpaired) electrons. The normalized spacial score (nSPS) is 12.9. The second-order valence-corrected chi connectivity index (χ2v) is 5.04. The number of hydrogen-bond acceptors (Lipinski definition) is 2. The maximum Gasteiger partial charge on any atom is 0.0671 e. The molecule has 17 heavy (non-hydrogen) atoms. The Bertz CT molecular complexity index is 540. The smallest absolute Gasteiger partial charge is 0.0671 e. The van der Waals surface area contributed by atoms with Gasteiger partial charge >= 0.3 is 0 Å². The standard InChI is InChI=1S/C13H14Cl2N2/c1-8(7-16)6-12-9-2-3-11(14)13(15)10(9)4-5-17-12/h2-5,8H,6-7,16H2,1H3. The van der Waals surface area contributed by atoms with Crippen LogP contribution in [0.5, 0.6) is 0 Å². The molecule has 1 aromatic heterocycles. The van der Waals surface area contributed by atoms with Crippen molar-refractivity contribution in [1.29, 1.82) is 0 Å². The third-order valence-corrected chi connectivity index (χ3v) is 3.68. The van der Waals surface area contributed by atoms with Gasteiger partial charge in [-0.05, 0) is 31.0 Å². The summed E-state index contributed by atoms with van der Waals surface area (Å²) in [4.78, 5) is 4.41. The lowest BCUT2D eigenvalue weighted by Gasteiger charge is -2.11. The Kier molecular flexibility index (Phi) is 3.87. The minimum atomic E-state index is 0.405. The molecule has 4 heteroatoms. The fourth-order valence-corrected chi connectivity index (χ4v) is 2.22. The van der Waals surface area contributed by atoms with E-state index in [1.165, 1.54) is 0 Å². The molecule has 0 aliphatic heterocycles. The monoisotopic (exact) mass is 268 g/mol. The summed E-state index contributed by atoms with van der Waals surface area (Å²) in [6.45, 7) is 2.76. The van der Waals surface area contributed by atoms with Crippen LogP contribution in [0.25, 0.3) is 10.8 Å². The van der Waals surface area contributed by atoms with E-state index in [4.69, 9.17) is 28.9 Å². The zero-order valence-corrected chi connectivity index (χ0v) is 11.1. The summed E-state index contributed by atoms with van der Waals surface area (Å²) in [6.07, 6.45) is 2.62. The first kappa shape index (κ1) is 12.6. The quantitative estimate of drug-likeness (QED) is 0.923. The molecule has 0 aliphatic carbocycles. The average Bonchev–Trinajstić information content (AvgIpc) is 2.34. The number of pyridine rings is 1. The van der Waals surface area contributed by atoms with Gasteiger partial charge in [-0.25, -0.2) is 0 Å². The van der Waals surface area contributed by atoms with Crippen molar-refractivity contribution < 1.29 is 0 Å². The van der Waals surface area contributed by atoms with E-state index >= 15 is 0 Å². The number of aromatic nitrogens is 1. The van der Waals surface area contributed by atoms with Gasteiger partial charge in [0.1, 0.15) is 0 Å². The molecule has 2 nitrogen and oxygen atoms in total.